The molecule has 11 heteroatoms. The molecule has 9 nitrogen and oxygen atoms in total. The SMILES string of the molecule is COc1ccc(S(=O)(=O)N[C@@H](C)C(=O)N2CCN(S(=O)(=O)Cc3ccccc3)CC2)cc1. The maximum absolute atomic E-state index is 12.8. The van der Waals surface area contributed by atoms with Gasteiger partial charge in [0.15, 0.2) is 0 Å². The topological polar surface area (TPSA) is 113 Å². The number of rotatable bonds is 8. The Labute approximate surface area is 189 Å². The summed E-state index contributed by atoms with van der Waals surface area (Å²) >= 11 is 0. The molecule has 1 aliphatic heterocycles. The molecule has 3 rings (SSSR count). The van der Waals surface area contributed by atoms with E-state index in [1.54, 1.807) is 24.3 Å². The fraction of sp³-hybridized carbons (Fsp3) is 0.381. The van der Waals surface area contributed by atoms with Gasteiger partial charge in [0, 0.05) is 26.2 Å². The van der Waals surface area contributed by atoms with Gasteiger partial charge in [-0.2, -0.15) is 9.03 Å². The lowest BCUT2D eigenvalue weighted by Gasteiger charge is -2.35. The van der Waals surface area contributed by atoms with Crippen LogP contribution in [0.15, 0.2) is 59.5 Å². The van der Waals surface area contributed by atoms with Gasteiger partial charge in [0.1, 0.15) is 5.75 Å². The van der Waals surface area contributed by atoms with Gasteiger partial charge < -0.3 is 9.64 Å². The molecule has 0 spiro atoms. The monoisotopic (exact) mass is 481 g/mol. The van der Waals surface area contributed by atoms with E-state index in [9.17, 15) is 21.6 Å². The highest BCUT2D eigenvalue weighted by molar-refractivity contribution is 7.89. The zero-order chi connectivity index (χ0) is 23.4. The Bertz CT molecular complexity index is 1130. The number of carbonyl (C=O) groups is 1. The van der Waals surface area contributed by atoms with E-state index in [-0.39, 0.29) is 36.8 Å². The number of amides is 1. The average Bonchev–Trinajstić information content (AvgIpc) is 2.79. The lowest BCUT2D eigenvalue weighted by Crippen LogP contribution is -2.55. The number of sulfonamides is 2. The van der Waals surface area contributed by atoms with Crippen molar-refractivity contribution in [1.29, 1.82) is 0 Å². The van der Waals surface area contributed by atoms with Crippen LogP contribution in [0, 0.1) is 0 Å². The highest BCUT2D eigenvalue weighted by atomic mass is 32.2. The van der Waals surface area contributed by atoms with Crippen molar-refractivity contribution >= 4 is 26.0 Å². The molecule has 2 aromatic carbocycles. The molecule has 1 fully saturated rings. The van der Waals surface area contributed by atoms with Crippen molar-refractivity contribution in [3.63, 3.8) is 0 Å². The molecule has 1 amide bonds. The summed E-state index contributed by atoms with van der Waals surface area (Å²) in [6.07, 6.45) is 0. The first-order valence-corrected chi connectivity index (χ1v) is 13.2. The van der Waals surface area contributed by atoms with Crippen molar-refractivity contribution in [2.45, 2.75) is 23.6 Å². The van der Waals surface area contributed by atoms with Crippen LogP contribution in [0.2, 0.25) is 0 Å². The first kappa shape index (κ1) is 24.2. The van der Waals surface area contributed by atoms with Gasteiger partial charge in [0.25, 0.3) is 0 Å². The summed E-state index contributed by atoms with van der Waals surface area (Å²) in [4.78, 5) is 14.3. The van der Waals surface area contributed by atoms with Gasteiger partial charge in [-0.15, -0.1) is 0 Å². The van der Waals surface area contributed by atoms with Crippen LogP contribution in [0.25, 0.3) is 0 Å². The number of methoxy groups -OCH3 is 1. The quantitative estimate of drug-likeness (QED) is 0.603. The van der Waals surface area contributed by atoms with Crippen LogP contribution in [0.5, 0.6) is 5.75 Å². The van der Waals surface area contributed by atoms with E-state index < -0.39 is 32.0 Å². The number of piperazine rings is 1. The molecule has 0 bridgehead atoms. The minimum absolute atomic E-state index is 0.0229. The van der Waals surface area contributed by atoms with E-state index in [1.807, 2.05) is 6.07 Å². The van der Waals surface area contributed by atoms with E-state index in [1.165, 1.54) is 47.5 Å². The normalized spacial score (nSPS) is 16.5. The molecule has 2 aromatic rings. The number of carbonyl (C=O) groups excluding carboxylic acids is 1. The van der Waals surface area contributed by atoms with Gasteiger partial charge in [-0.3, -0.25) is 4.79 Å². The maximum atomic E-state index is 12.8. The Morgan fingerprint density at radius 2 is 1.56 bits per heavy atom. The Morgan fingerprint density at radius 1 is 0.969 bits per heavy atom. The summed E-state index contributed by atoms with van der Waals surface area (Å²) in [7, 11) is -5.92. The summed E-state index contributed by atoms with van der Waals surface area (Å²) < 4.78 is 59.3. The van der Waals surface area contributed by atoms with Crippen molar-refractivity contribution in [1.82, 2.24) is 13.9 Å². The fourth-order valence-corrected chi connectivity index (χ4v) is 6.16. The molecule has 0 unspecified atom stereocenters. The van der Waals surface area contributed by atoms with Gasteiger partial charge in [-0.25, -0.2) is 16.8 Å². The molecule has 1 atom stereocenters. The van der Waals surface area contributed by atoms with Crippen LogP contribution >= 0.6 is 0 Å². The van der Waals surface area contributed by atoms with Gasteiger partial charge in [0.2, 0.25) is 26.0 Å². The second-order valence-electron chi connectivity index (χ2n) is 7.48. The molecule has 1 heterocycles. The summed E-state index contributed by atoms with van der Waals surface area (Å²) in [6, 6.07) is 13.8. The standard InChI is InChI=1S/C21H27N3O6S2/c1-17(22-32(28,29)20-10-8-19(30-2)9-11-20)21(25)23-12-14-24(15-13-23)31(26,27)16-18-6-4-3-5-7-18/h3-11,17,22H,12-16H2,1-2H3/t17-/m0/s1. The zero-order valence-electron chi connectivity index (χ0n) is 18.0. The smallest absolute Gasteiger partial charge is 0.241 e. The highest BCUT2D eigenvalue weighted by Crippen LogP contribution is 2.17. The van der Waals surface area contributed by atoms with Crippen LogP contribution in [-0.2, 0) is 30.6 Å². The van der Waals surface area contributed by atoms with Gasteiger partial charge in [0.05, 0.1) is 23.8 Å². The Balaban J connectivity index is 1.57. The van der Waals surface area contributed by atoms with Crippen molar-refractivity contribution in [2.24, 2.45) is 0 Å². The Kier molecular flexibility index (Phi) is 7.55. The summed E-state index contributed by atoms with van der Waals surface area (Å²) in [5.74, 6) is 0.0233. The lowest BCUT2D eigenvalue weighted by molar-refractivity contribution is -0.133. The summed E-state index contributed by atoms with van der Waals surface area (Å²) in [5.41, 5.74) is 0.701. The molecule has 0 radical (unpaired) electrons. The molecular weight excluding hydrogens is 454 g/mol. The second-order valence-corrected chi connectivity index (χ2v) is 11.2. The number of ether oxygens (including phenoxy) is 1. The van der Waals surface area contributed by atoms with E-state index in [0.717, 1.165) is 0 Å². The molecular formula is C21H27N3O6S2. The van der Waals surface area contributed by atoms with Gasteiger partial charge in [-0.05, 0) is 36.8 Å². The van der Waals surface area contributed by atoms with E-state index in [0.29, 0.717) is 11.3 Å². The molecule has 0 saturated carbocycles. The van der Waals surface area contributed by atoms with Crippen molar-refractivity contribution in [3.8, 4) is 5.75 Å². The lowest BCUT2D eigenvalue weighted by atomic mass is 10.2. The third-order valence-electron chi connectivity index (χ3n) is 5.21. The number of hydrogen-bond acceptors (Lipinski definition) is 6. The number of benzene rings is 2. The molecule has 0 aromatic heterocycles. The minimum Gasteiger partial charge on any atom is -0.497 e. The van der Waals surface area contributed by atoms with E-state index in [4.69, 9.17) is 4.74 Å². The van der Waals surface area contributed by atoms with Crippen molar-refractivity contribution in [3.05, 3.63) is 60.2 Å². The predicted octanol–water partition coefficient (Wildman–Crippen LogP) is 1.04. The molecule has 1 N–H and O–H groups in total. The second kappa shape index (κ2) is 9.99. The fourth-order valence-electron chi connectivity index (χ4n) is 3.44. The van der Waals surface area contributed by atoms with E-state index >= 15 is 0 Å². The first-order valence-electron chi connectivity index (χ1n) is 10.1. The van der Waals surface area contributed by atoms with Crippen LogP contribution in [0.3, 0.4) is 0 Å². The number of nitrogens with zero attached hydrogens (tertiary/aromatic N) is 2. The molecule has 0 aliphatic carbocycles. The first-order chi connectivity index (χ1) is 15.1. The Hall–Kier alpha value is -2.47. The average molecular weight is 482 g/mol. The van der Waals surface area contributed by atoms with Crippen molar-refractivity contribution in [2.75, 3.05) is 33.3 Å². The third kappa shape index (κ3) is 5.85. The van der Waals surface area contributed by atoms with Crippen LogP contribution in [0.1, 0.15) is 12.5 Å². The van der Waals surface area contributed by atoms with Crippen LogP contribution in [0.4, 0.5) is 0 Å². The summed E-state index contributed by atoms with van der Waals surface area (Å²) in [6.45, 7) is 2.20. The van der Waals surface area contributed by atoms with Crippen molar-refractivity contribution < 1.29 is 26.4 Å². The molecule has 1 saturated heterocycles. The Morgan fingerprint density at radius 3 is 2.12 bits per heavy atom. The third-order valence-corrected chi connectivity index (χ3v) is 8.61. The van der Waals surface area contributed by atoms with Crippen LogP contribution in [-0.4, -0.2) is 71.3 Å². The molecule has 32 heavy (non-hydrogen) atoms. The number of hydrogen-bond donors (Lipinski definition) is 1. The minimum atomic E-state index is -3.90. The summed E-state index contributed by atoms with van der Waals surface area (Å²) in [5, 5.41) is 0. The highest BCUT2D eigenvalue weighted by Gasteiger charge is 2.32. The van der Waals surface area contributed by atoms with Gasteiger partial charge in [-0.1, -0.05) is 30.3 Å². The molecule has 174 valence electrons. The van der Waals surface area contributed by atoms with Gasteiger partial charge >= 0.3 is 0 Å². The largest absolute Gasteiger partial charge is 0.497 e. The zero-order valence-corrected chi connectivity index (χ0v) is 19.6. The number of nitrogens with one attached hydrogen (secondary N) is 1. The van der Waals surface area contributed by atoms with E-state index in [2.05, 4.69) is 4.72 Å². The molecule has 1 aliphatic rings. The van der Waals surface area contributed by atoms with Crippen LogP contribution < -0.4 is 9.46 Å². The predicted molar refractivity (Wildman–Crippen MR) is 120 cm³/mol. The maximum Gasteiger partial charge on any atom is 0.241 e.